The summed E-state index contributed by atoms with van der Waals surface area (Å²) < 4.78 is 5.55. The fourth-order valence-corrected chi connectivity index (χ4v) is 2.57. The first-order chi connectivity index (χ1) is 7.79. The standard InChI is InChI=1S/C13H26N2O/c1-2-6-15(8-11-3-4-11)9-12-10-16-7-5-13(12)14/h11-13H,2-10,14H2,1H3. The lowest BCUT2D eigenvalue weighted by atomic mass is 9.96. The van der Waals surface area contributed by atoms with Gasteiger partial charge in [-0.05, 0) is 38.1 Å². The molecule has 2 atom stereocenters. The molecule has 0 spiro atoms. The van der Waals surface area contributed by atoms with E-state index >= 15 is 0 Å². The van der Waals surface area contributed by atoms with Crippen molar-refractivity contribution in [2.24, 2.45) is 17.6 Å². The predicted molar refractivity (Wildman–Crippen MR) is 66.4 cm³/mol. The van der Waals surface area contributed by atoms with Gasteiger partial charge in [0.1, 0.15) is 0 Å². The minimum atomic E-state index is 0.354. The smallest absolute Gasteiger partial charge is 0.0521 e. The molecule has 1 saturated heterocycles. The molecule has 1 saturated carbocycles. The Hall–Kier alpha value is -0.120. The number of ether oxygens (including phenoxy) is 1. The molecule has 1 aliphatic carbocycles. The first-order valence-corrected chi connectivity index (χ1v) is 6.85. The maximum Gasteiger partial charge on any atom is 0.0521 e. The van der Waals surface area contributed by atoms with Crippen LogP contribution < -0.4 is 5.73 Å². The zero-order chi connectivity index (χ0) is 11.4. The second kappa shape index (κ2) is 5.99. The van der Waals surface area contributed by atoms with Crippen LogP contribution in [0.4, 0.5) is 0 Å². The molecule has 16 heavy (non-hydrogen) atoms. The van der Waals surface area contributed by atoms with Crippen LogP contribution in [0.1, 0.15) is 32.6 Å². The molecule has 0 radical (unpaired) electrons. The van der Waals surface area contributed by atoms with Crippen LogP contribution in [-0.4, -0.2) is 43.8 Å². The molecular weight excluding hydrogens is 200 g/mol. The van der Waals surface area contributed by atoms with Gasteiger partial charge in [-0.1, -0.05) is 6.92 Å². The number of nitrogens with zero attached hydrogens (tertiary/aromatic N) is 1. The van der Waals surface area contributed by atoms with Gasteiger partial charge in [0.2, 0.25) is 0 Å². The van der Waals surface area contributed by atoms with Gasteiger partial charge in [-0.15, -0.1) is 0 Å². The summed E-state index contributed by atoms with van der Waals surface area (Å²) in [6.07, 6.45) is 5.16. The molecular formula is C13H26N2O. The molecule has 2 aliphatic rings. The zero-order valence-electron chi connectivity index (χ0n) is 10.5. The van der Waals surface area contributed by atoms with E-state index in [1.54, 1.807) is 0 Å². The normalized spacial score (nSPS) is 30.9. The Morgan fingerprint density at radius 3 is 2.69 bits per heavy atom. The van der Waals surface area contributed by atoms with Crippen LogP contribution in [0.25, 0.3) is 0 Å². The SMILES string of the molecule is CCCN(CC1CC1)CC1COCCC1N. The summed E-state index contributed by atoms with van der Waals surface area (Å²) in [6.45, 7) is 7.64. The van der Waals surface area contributed by atoms with E-state index in [2.05, 4.69) is 11.8 Å². The summed E-state index contributed by atoms with van der Waals surface area (Å²) in [7, 11) is 0. The summed E-state index contributed by atoms with van der Waals surface area (Å²) in [5, 5.41) is 0. The average molecular weight is 226 g/mol. The fraction of sp³-hybridized carbons (Fsp3) is 1.00. The van der Waals surface area contributed by atoms with Gasteiger partial charge < -0.3 is 15.4 Å². The van der Waals surface area contributed by atoms with Gasteiger partial charge in [0.05, 0.1) is 6.61 Å². The van der Waals surface area contributed by atoms with Crippen molar-refractivity contribution in [2.75, 3.05) is 32.8 Å². The monoisotopic (exact) mass is 226 g/mol. The summed E-state index contributed by atoms with van der Waals surface area (Å²) in [4.78, 5) is 2.61. The molecule has 0 aromatic heterocycles. The number of hydrogen-bond donors (Lipinski definition) is 1. The first kappa shape index (κ1) is 12.3. The molecule has 3 heteroatoms. The van der Waals surface area contributed by atoms with Crippen molar-refractivity contribution in [2.45, 2.75) is 38.6 Å². The van der Waals surface area contributed by atoms with Crippen molar-refractivity contribution in [1.82, 2.24) is 4.90 Å². The van der Waals surface area contributed by atoms with Crippen LogP contribution in [0.3, 0.4) is 0 Å². The number of hydrogen-bond acceptors (Lipinski definition) is 3. The van der Waals surface area contributed by atoms with Crippen LogP contribution in [-0.2, 0) is 4.74 Å². The number of nitrogens with two attached hydrogens (primary N) is 1. The highest BCUT2D eigenvalue weighted by atomic mass is 16.5. The Balaban J connectivity index is 1.77. The molecule has 1 heterocycles. The van der Waals surface area contributed by atoms with Gasteiger partial charge >= 0.3 is 0 Å². The van der Waals surface area contributed by atoms with Crippen LogP contribution in [0, 0.1) is 11.8 Å². The third-order valence-electron chi connectivity index (χ3n) is 3.78. The van der Waals surface area contributed by atoms with Crippen LogP contribution >= 0.6 is 0 Å². The van der Waals surface area contributed by atoms with Crippen molar-refractivity contribution < 1.29 is 4.74 Å². The fourth-order valence-electron chi connectivity index (χ4n) is 2.57. The zero-order valence-corrected chi connectivity index (χ0v) is 10.5. The van der Waals surface area contributed by atoms with Crippen molar-refractivity contribution >= 4 is 0 Å². The van der Waals surface area contributed by atoms with E-state index in [0.29, 0.717) is 12.0 Å². The van der Waals surface area contributed by atoms with Crippen LogP contribution in [0.5, 0.6) is 0 Å². The second-order valence-electron chi connectivity index (χ2n) is 5.49. The average Bonchev–Trinajstić information content (AvgIpc) is 3.06. The molecule has 0 amide bonds. The van der Waals surface area contributed by atoms with E-state index in [1.165, 1.54) is 32.4 Å². The lowest BCUT2D eigenvalue weighted by Crippen LogP contribution is -2.45. The maximum atomic E-state index is 6.16. The highest BCUT2D eigenvalue weighted by Gasteiger charge is 2.28. The molecule has 3 nitrogen and oxygen atoms in total. The Bertz CT molecular complexity index is 206. The molecule has 0 aromatic rings. The second-order valence-corrected chi connectivity index (χ2v) is 5.49. The summed E-state index contributed by atoms with van der Waals surface area (Å²) >= 11 is 0. The molecule has 94 valence electrons. The Morgan fingerprint density at radius 1 is 1.25 bits per heavy atom. The van der Waals surface area contributed by atoms with Crippen LogP contribution in [0.2, 0.25) is 0 Å². The predicted octanol–water partition coefficient (Wildman–Crippen LogP) is 1.47. The Labute approximate surface area is 99.3 Å². The maximum absolute atomic E-state index is 6.16. The van der Waals surface area contributed by atoms with Crippen molar-refractivity contribution in [1.29, 1.82) is 0 Å². The molecule has 0 aromatic carbocycles. The van der Waals surface area contributed by atoms with E-state index in [9.17, 15) is 0 Å². The summed E-state index contributed by atoms with van der Waals surface area (Å²) in [6, 6.07) is 0.354. The van der Waals surface area contributed by atoms with Gasteiger partial charge in [0, 0.05) is 31.7 Å². The van der Waals surface area contributed by atoms with Crippen LogP contribution in [0.15, 0.2) is 0 Å². The molecule has 1 aliphatic heterocycles. The summed E-state index contributed by atoms with van der Waals surface area (Å²) in [5.74, 6) is 1.53. The largest absolute Gasteiger partial charge is 0.381 e. The lowest BCUT2D eigenvalue weighted by Gasteiger charge is -2.33. The van der Waals surface area contributed by atoms with Gasteiger partial charge in [0.25, 0.3) is 0 Å². The van der Waals surface area contributed by atoms with Gasteiger partial charge in [-0.3, -0.25) is 0 Å². The van der Waals surface area contributed by atoms with Gasteiger partial charge in [-0.2, -0.15) is 0 Å². The molecule has 2 unspecified atom stereocenters. The van der Waals surface area contributed by atoms with Crippen molar-refractivity contribution in [3.05, 3.63) is 0 Å². The van der Waals surface area contributed by atoms with Crippen molar-refractivity contribution in [3.8, 4) is 0 Å². The molecule has 2 rings (SSSR count). The van der Waals surface area contributed by atoms with E-state index in [-0.39, 0.29) is 0 Å². The molecule has 0 bridgehead atoms. The minimum Gasteiger partial charge on any atom is -0.381 e. The van der Waals surface area contributed by atoms with E-state index < -0.39 is 0 Å². The van der Waals surface area contributed by atoms with E-state index in [1.807, 2.05) is 0 Å². The topological polar surface area (TPSA) is 38.5 Å². The van der Waals surface area contributed by atoms with Crippen molar-refractivity contribution in [3.63, 3.8) is 0 Å². The highest BCUT2D eigenvalue weighted by Crippen LogP contribution is 2.30. The molecule has 2 N–H and O–H groups in total. The third-order valence-corrected chi connectivity index (χ3v) is 3.78. The highest BCUT2D eigenvalue weighted by molar-refractivity contribution is 4.82. The minimum absolute atomic E-state index is 0.354. The molecule has 2 fully saturated rings. The van der Waals surface area contributed by atoms with E-state index in [0.717, 1.165) is 32.1 Å². The quantitative estimate of drug-likeness (QED) is 0.745. The first-order valence-electron chi connectivity index (χ1n) is 6.85. The lowest BCUT2D eigenvalue weighted by molar-refractivity contribution is 0.0254. The van der Waals surface area contributed by atoms with E-state index in [4.69, 9.17) is 10.5 Å². The third kappa shape index (κ3) is 3.72. The van der Waals surface area contributed by atoms with Gasteiger partial charge in [-0.25, -0.2) is 0 Å². The number of rotatable bonds is 6. The Morgan fingerprint density at radius 2 is 2.06 bits per heavy atom. The summed E-state index contributed by atoms with van der Waals surface area (Å²) in [5.41, 5.74) is 6.16. The Kier molecular flexibility index (Phi) is 4.62. The van der Waals surface area contributed by atoms with Gasteiger partial charge in [0.15, 0.2) is 0 Å².